The zero-order chi connectivity index (χ0) is 17.5. The molecule has 1 atom stereocenters. The van der Waals surface area contributed by atoms with Crippen molar-refractivity contribution in [3.05, 3.63) is 71.8 Å². The van der Waals surface area contributed by atoms with Crippen molar-refractivity contribution < 1.29 is 4.79 Å². The smallest absolute Gasteiger partial charge is 0.317 e. The molecule has 3 nitrogen and oxygen atoms in total. The average Bonchev–Trinajstić information content (AvgIpc) is 2.68. The van der Waals surface area contributed by atoms with Gasteiger partial charge >= 0.3 is 6.03 Å². The zero-order valence-electron chi connectivity index (χ0n) is 15.0. The second-order valence-corrected chi connectivity index (χ2v) is 7.12. The predicted octanol–water partition coefficient (Wildman–Crippen LogP) is 4.45. The lowest BCUT2D eigenvalue weighted by Crippen LogP contribution is -2.45. The van der Waals surface area contributed by atoms with E-state index in [0.29, 0.717) is 18.4 Å². The maximum atomic E-state index is 12.4. The van der Waals surface area contributed by atoms with Gasteiger partial charge in [-0.3, -0.25) is 0 Å². The molecule has 1 heterocycles. The highest BCUT2D eigenvalue weighted by Crippen LogP contribution is 2.22. The van der Waals surface area contributed by atoms with Crippen molar-refractivity contribution in [1.82, 2.24) is 10.2 Å². The fourth-order valence-corrected chi connectivity index (χ4v) is 3.54. The monoisotopic (exact) mass is 336 g/mol. The van der Waals surface area contributed by atoms with Gasteiger partial charge in [-0.25, -0.2) is 4.79 Å². The van der Waals surface area contributed by atoms with Gasteiger partial charge in [0.2, 0.25) is 0 Å². The van der Waals surface area contributed by atoms with Crippen molar-refractivity contribution in [3.63, 3.8) is 0 Å². The number of hydrogen-bond acceptors (Lipinski definition) is 1. The van der Waals surface area contributed by atoms with Gasteiger partial charge in [0.25, 0.3) is 0 Å². The molecule has 0 saturated carbocycles. The van der Waals surface area contributed by atoms with Crippen LogP contribution in [0.4, 0.5) is 4.79 Å². The molecule has 2 aromatic carbocycles. The van der Waals surface area contributed by atoms with E-state index in [1.54, 1.807) is 0 Å². The molecule has 0 bridgehead atoms. The standard InChI is InChI=1S/C22H28N2O/c1-18(21-10-6-3-7-11-21)17-23-22(25)24-14-12-20(13-15-24)16-19-8-4-2-5-9-19/h2-11,18,20H,12-17H2,1H3,(H,23,25). The van der Waals surface area contributed by atoms with Crippen molar-refractivity contribution in [2.24, 2.45) is 5.92 Å². The number of nitrogens with zero attached hydrogens (tertiary/aromatic N) is 1. The van der Waals surface area contributed by atoms with Gasteiger partial charge in [0, 0.05) is 19.6 Å². The number of likely N-dealkylation sites (tertiary alicyclic amines) is 1. The summed E-state index contributed by atoms with van der Waals surface area (Å²) in [7, 11) is 0. The molecule has 0 aromatic heterocycles. The Morgan fingerprint density at radius 2 is 1.64 bits per heavy atom. The lowest BCUT2D eigenvalue weighted by atomic mass is 9.90. The van der Waals surface area contributed by atoms with Gasteiger partial charge in [-0.2, -0.15) is 0 Å². The minimum atomic E-state index is 0.0842. The van der Waals surface area contributed by atoms with Gasteiger partial charge in [-0.05, 0) is 42.2 Å². The molecule has 1 saturated heterocycles. The predicted molar refractivity (Wildman–Crippen MR) is 103 cm³/mol. The molecule has 132 valence electrons. The zero-order valence-corrected chi connectivity index (χ0v) is 15.0. The first-order valence-electron chi connectivity index (χ1n) is 9.34. The van der Waals surface area contributed by atoms with Gasteiger partial charge in [0.15, 0.2) is 0 Å². The van der Waals surface area contributed by atoms with Crippen LogP contribution in [0.3, 0.4) is 0 Å². The first-order chi connectivity index (χ1) is 12.2. The van der Waals surface area contributed by atoms with Crippen molar-refractivity contribution >= 4 is 6.03 Å². The fourth-order valence-electron chi connectivity index (χ4n) is 3.54. The van der Waals surface area contributed by atoms with Crippen molar-refractivity contribution in [1.29, 1.82) is 0 Å². The van der Waals surface area contributed by atoms with Crippen molar-refractivity contribution in [2.75, 3.05) is 19.6 Å². The lowest BCUT2D eigenvalue weighted by Gasteiger charge is -2.32. The van der Waals surface area contributed by atoms with E-state index in [0.717, 1.165) is 32.4 Å². The van der Waals surface area contributed by atoms with Crippen LogP contribution in [0.25, 0.3) is 0 Å². The summed E-state index contributed by atoms with van der Waals surface area (Å²) in [6.07, 6.45) is 3.31. The minimum Gasteiger partial charge on any atom is -0.337 e. The maximum absolute atomic E-state index is 12.4. The van der Waals surface area contributed by atoms with Crippen LogP contribution in [-0.2, 0) is 6.42 Å². The van der Waals surface area contributed by atoms with E-state index >= 15 is 0 Å². The van der Waals surface area contributed by atoms with E-state index in [2.05, 4.69) is 54.7 Å². The summed E-state index contributed by atoms with van der Waals surface area (Å²) in [6.45, 7) is 4.57. The molecule has 1 fully saturated rings. The van der Waals surface area contributed by atoms with Gasteiger partial charge < -0.3 is 10.2 Å². The van der Waals surface area contributed by atoms with Crippen LogP contribution in [0, 0.1) is 5.92 Å². The van der Waals surface area contributed by atoms with Gasteiger partial charge in [-0.15, -0.1) is 0 Å². The Labute approximate surface area is 151 Å². The van der Waals surface area contributed by atoms with Crippen molar-refractivity contribution in [2.45, 2.75) is 32.1 Å². The number of hydrogen-bond donors (Lipinski definition) is 1. The number of rotatable bonds is 5. The number of piperidine rings is 1. The van der Waals surface area contributed by atoms with E-state index < -0.39 is 0 Å². The Balaban J connectivity index is 1.41. The topological polar surface area (TPSA) is 32.3 Å². The quantitative estimate of drug-likeness (QED) is 0.859. The molecule has 25 heavy (non-hydrogen) atoms. The molecule has 1 aliphatic rings. The summed E-state index contributed by atoms with van der Waals surface area (Å²) < 4.78 is 0. The largest absolute Gasteiger partial charge is 0.337 e. The number of nitrogens with one attached hydrogen (secondary N) is 1. The minimum absolute atomic E-state index is 0.0842. The molecule has 1 N–H and O–H groups in total. The average molecular weight is 336 g/mol. The summed E-state index contributed by atoms with van der Waals surface area (Å²) in [5.74, 6) is 1.02. The maximum Gasteiger partial charge on any atom is 0.317 e. The highest BCUT2D eigenvalue weighted by Gasteiger charge is 2.23. The number of carbonyl (C=O) groups excluding carboxylic acids is 1. The van der Waals surface area contributed by atoms with Crippen LogP contribution in [-0.4, -0.2) is 30.6 Å². The second kappa shape index (κ2) is 8.70. The Hall–Kier alpha value is -2.29. The van der Waals surface area contributed by atoms with Crippen LogP contribution in [0.5, 0.6) is 0 Å². The van der Waals surface area contributed by atoms with Crippen LogP contribution < -0.4 is 5.32 Å². The van der Waals surface area contributed by atoms with Gasteiger partial charge in [0.05, 0.1) is 0 Å². The number of urea groups is 1. The van der Waals surface area contributed by atoms with Gasteiger partial charge in [0.1, 0.15) is 0 Å². The molecule has 1 aliphatic heterocycles. The fraction of sp³-hybridized carbons (Fsp3) is 0.409. The molecule has 2 amide bonds. The molecular formula is C22H28N2O. The third kappa shape index (κ3) is 5.09. The third-order valence-corrected chi connectivity index (χ3v) is 5.20. The summed E-state index contributed by atoms with van der Waals surface area (Å²) in [5.41, 5.74) is 2.67. The van der Waals surface area contributed by atoms with Crippen LogP contribution in [0.15, 0.2) is 60.7 Å². The molecule has 0 spiro atoms. The number of benzene rings is 2. The summed E-state index contributed by atoms with van der Waals surface area (Å²) in [4.78, 5) is 14.4. The van der Waals surface area contributed by atoms with E-state index in [1.807, 2.05) is 23.1 Å². The number of amides is 2. The highest BCUT2D eigenvalue weighted by molar-refractivity contribution is 5.74. The molecule has 0 radical (unpaired) electrons. The van der Waals surface area contributed by atoms with Crippen molar-refractivity contribution in [3.8, 4) is 0 Å². The first kappa shape index (κ1) is 17.5. The molecule has 2 aromatic rings. The van der Waals surface area contributed by atoms with Crippen LogP contribution >= 0.6 is 0 Å². The SMILES string of the molecule is CC(CNC(=O)N1CCC(Cc2ccccc2)CC1)c1ccccc1. The first-order valence-corrected chi connectivity index (χ1v) is 9.34. The van der Waals surface area contributed by atoms with Gasteiger partial charge in [-0.1, -0.05) is 67.6 Å². The van der Waals surface area contributed by atoms with Crippen LogP contribution in [0.2, 0.25) is 0 Å². The van der Waals surface area contributed by atoms with E-state index in [1.165, 1.54) is 11.1 Å². The summed E-state index contributed by atoms with van der Waals surface area (Å²) in [5, 5.41) is 3.10. The van der Waals surface area contributed by atoms with E-state index in [9.17, 15) is 4.79 Å². The Kier molecular flexibility index (Phi) is 6.10. The van der Waals surface area contributed by atoms with E-state index in [4.69, 9.17) is 0 Å². The Bertz CT molecular complexity index is 648. The number of carbonyl (C=O) groups is 1. The molecule has 0 aliphatic carbocycles. The summed E-state index contributed by atoms with van der Waals surface area (Å²) >= 11 is 0. The third-order valence-electron chi connectivity index (χ3n) is 5.20. The second-order valence-electron chi connectivity index (χ2n) is 7.12. The summed E-state index contributed by atoms with van der Waals surface area (Å²) in [6, 6.07) is 21.1. The highest BCUT2D eigenvalue weighted by atomic mass is 16.2. The Morgan fingerprint density at radius 3 is 2.28 bits per heavy atom. The Morgan fingerprint density at radius 1 is 1.04 bits per heavy atom. The normalized spacial score (nSPS) is 16.4. The molecule has 3 rings (SSSR count). The molecule has 1 unspecified atom stereocenters. The lowest BCUT2D eigenvalue weighted by molar-refractivity contribution is 0.170. The molecular weight excluding hydrogens is 308 g/mol. The van der Waals surface area contributed by atoms with Crippen LogP contribution in [0.1, 0.15) is 36.8 Å². The van der Waals surface area contributed by atoms with E-state index in [-0.39, 0.29) is 6.03 Å². The molecule has 3 heteroatoms.